The fraction of sp³-hybridized carbons (Fsp3) is 0.235. The third-order valence-electron chi connectivity index (χ3n) is 4.42. The highest BCUT2D eigenvalue weighted by molar-refractivity contribution is 5.98. The molecule has 1 aromatic carbocycles. The van der Waals surface area contributed by atoms with Crippen molar-refractivity contribution in [2.24, 2.45) is 0 Å². The highest BCUT2D eigenvalue weighted by Gasteiger charge is 2.28. The Morgan fingerprint density at radius 3 is 2.92 bits per heavy atom. The van der Waals surface area contributed by atoms with E-state index >= 15 is 0 Å². The zero-order valence-electron chi connectivity index (χ0n) is 13.2. The Morgan fingerprint density at radius 1 is 1.29 bits per heavy atom. The molecule has 24 heavy (non-hydrogen) atoms. The van der Waals surface area contributed by atoms with Crippen molar-refractivity contribution >= 4 is 22.7 Å². The molecule has 0 aliphatic carbocycles. The van der Waals surface area contributed by atoms with Gasteiger partial charge in [0.1, 0.15) is 5.69 Å². The molecule has 0 saturated heterocycles. The van der Waals surface area contributed by atoms with E-state index in [2.05, 4.69) is 20.5 Å². The molecule has 0 unspecified atom stereocenters. The molecule has 3 heterocycles. The first-order valence-corrected chi connectivity index (χ1v) is 7.82. The summed E-state index contributed by atoms with van der Waals surface area (Å²) in [6.07, 6.45) is 0.658. The molecule has 1 aliphatic heterocycles. The quantitative estimate of drug-likeness (QED) is 0.666. The highest BCUT2D eigenvalue weighted by atomic mass is 16.2. The third kappa shape index (κ3) is 2.25. The Balaban J connectivity index is 1.63. The second kappa shape index (κ2) is 5.52. The molecule has 0 spiro atoms. The van der Waals surface area contributed by atoms with Crippen molar-refractivity contribution in [2.75, 3.05) is 13.6 Å². The van der Waals surface area contributed by atoms with Crippen molar-refractivity contribution < 1.29 is 9.59 Å². The van der Waals surface area contributed by atoms with E-state index in [9.17, 15) is 9.59 Å². The Kier molecular flexibility index (Phi) is 3.34. The zero-order valence-corrected chi connectivity index (χ0v) is 13.2. The molecule has 0 saturated carbocycles. The van der Waals surface area contributed by atoms with Crippen LogP contribution in [0.3, 0.4) is 0 Å². The van der Waals surface area contributed by atoms with Crippen LogP contribution < -0.4 is 5.32 Å². The van der Waals surface area contributed by atoms with Gasteiger partial charge >= 0.3 is 0 Å². The average molecular weight is 323 g/mol. The van der Waals surface area contributed by atoms with Crippen LogP contribution in [0.2, 0.25) is 0 Å². The molecule has 0 fully saturated rings. The Hall–Kier alpha value is -3.09. The van der Waals surface area contributed by atoms with E-state index in [0.717, 1.165) is 22.2 Å². The molecule has 1 aliphatic rings. The smallest absolute Gasteiger partial charge is 0.271 e. The monoisotopic (exact) mass is 323 g/mol. The minimum atomic E-state index is -0.243. The standard InChI is InChI=1S/C17H17N5O2/c1-18-16(23)15-11-9-22(7-6-13(11)20-21-15)17(24)14-8-10-4-2-3-5-12(10)19-14/h2-5,8,19H,6-7,9H2,1H3,(H,18,23)(H,20,21). The summed E-state index contributed by atoms with van der Waals surface area (Å²) in [5.41, 5.74) is 3.58. The SMILES string of the molecule is CNC(=O)c1n[nH]c2c1CN(C(=O)c1cc3ccccc3[nH]1)CC2. The van der Waals surface area contributed by atoms with Crippen molar-refractivity contribution in [3.63, 3.8) is 0 Å². The summed E-state index contributed by atoms with van der Waals surface area (Å²) in [5.74, 6) is -0.312. The summed E-state index contributed by atoms with van der Waals surface area (Å²) in [6, 6.07) is 9.65. The molecule has 0 bridgehead atoms. The lowest BCUT2D eigenvalue weighted by atomic mass is 10.0. The largest absolute Gasteiger partial charge is 0.354 e. The van der Waals surface area contributed by atoms with E-state index in [1.54, 1.807) is 11.9 Å². The van der Waals surface area contributed by atoms with Crippen LogP contribution in [0, 0.1) is 0 Å². The fourth-order valence-electron chi connectivity index (χ4n) is 3.13. The number of fused-ring (bicyclic) bond motifs is 2. The van der Waals surface area contributed by atoms with E-state index in [1.165, 1.54) is 0 Å². The van der Waals surface area contributed by atoms with Gasteiger partial charge in [0.15, 0.2) is 5.69 Å². The number of aromatic nitrogens is 3. The van der Waals surface area contributed by atoms with Gasteiger partial charge in [0.2, 0.25) is 0 Å². The van der Waals surface area contributed by atoms with Crippen LogP contribution in [0.1, 0.15) is 32.2 Å². The lowest BCUT2D eigenvalue weighted by Gasteiger charge is -2.26. The van der Waals surface area contributed by atoms with Crippen LogP contribution in [0.25, 0.3) is 10.9 Å². The topological polar surface area (TPSA) is 93.9 Å². The number of amides is 2. The zero-order chi connectivity index (χ0) is 16.7. The number of hydrogen-bond acceptors (Lipinski definition) is 3. The Labute approximate surface area is 138 Å². The number of nitrogens with zero attached hydrogens (tertiary/aromatic N) is 2. The van der Waals surface area contributed by atoms with E-state index in [1.807, 2.05) is 30.3 Å². The molecular formula is C17H17N5O2. The van der Waals surface area contributed by atoms with Crippen molar-refractivity contribution in [2.45, 2.75) is 13.0 Å². The second-order valence-electron chi connectivity index (χ2n) is 5.86. The summed E-state index contributed by atoms with van der Waals surface area (Å²) in [4.78, 5) is 29.6. The summed E-state index contributed by atoms with van der Waals surface area (Å²) in [6.45, 7) is 0.972. The minimum absolute atomic E-state index is 0.0686. The van der Waals surface area contributed by atoms with Gasteiger partial charge in [-0.2, -0.15) is 5.10 Å². The van der Waals surface area contributed by atoms with Crippen LogP contribution in [0.4, 0.5) is 0 Å². The van der Waals surface area contributed by atoms with E-state index in [0.29, 0.717) is 30.9 Å². The number of nitrogens with one attached hydrogen (secondary N) is 3. The molecule has 0 radical (unpaired) electrons. The van der Waals surface area contributed by atoms with Crippen molar-refractivity contribution in [3.8, 4) is 0 Å². The normalized spacial score (nSPS) is 13.8. The molecule has 3 N–H and O–H groups in total. The number of rotatable bonds is 2. The molecule has 2 amide bonds. The maximum absolute atomic E-state index is 12.8. The van der Waals surface area contributed by atoms with Crippen LogP contribution in [0.15, 0.2) is 30.3 Å². The molecule has 7 nitrogen and oxygen atoms in total. The number of aromatic amines is 2. The molecule has 7 heteroatoms. The highest BCUT2D eigenvalue weighted by Crippen LogP contribution is 2.23. The van der Waals surface area contributed by atoms with Crippen molar-refractivity contribution in [3.05, 3.63) is 53.0 Å². The van der Waals surface area contributed by atoms with Gasteiger partial charge in [-0.25, -0.2) is 0 Å². The number of carbonyl (C=O) groups excluding carboxylic acids is 2. The summed E-state index contributed by atoms with van der Waals surface area (Å²) in [7, 11) is 1.57. The van der Waals surface area contributed by atoms with E-state index in [4.69, 9.17) is 0 Å². The minimum Gasteiger partial charge on any atom is -0.354 e. The summed E-state index contributed by atoms with van der Waals surface area (Å²) >= 11 is 0. The van der Waals surface area contributed by atoms with Gasteiger partial charge in [-0.1, -0.05) is 18.2 Å². The van der Waals surface area contributed by atoms with Crippen LogP contribution in [0.5, 0.6) is 0 Å². The Bertz CT molecular complexity index is 907. The first-order valence-electron chi connectivity index (χ1n) is 7.82. The van der Waals surface area contributed by atoms with Crippen molar-refractivity contribution in [1.29, 1.82) is 0 Å². The number of H-pyrrole nitrogens is 2. The van der Waals surface area contributed by atoms with Crippen LogP contribution >= 0.6 is 0 Å². The number of benzene rings is 1. The van der Waals surface area contributed by atoms with Crippen LogP contribution in [-0.2, 0) is 13.0 Å². The summed E-state index contributed by atoms with van der Waals surface area (Å²) in [5, 5.41) is 10.6. The number of carbonyl (C=O) groups is 2. The third-order valence-corrected chi connectivity index (χ3v) is 4.42. The molecule has 4 rings (SSSR count). The van der Waals surface area contributed by atoms with Gasteiger partial charge < -0.3 is 15.2 Å². The predicted molar refractivity (Wildman–Crippen MR) is 88.7 cm³/mol. The van der Waals surface area contributed by atoms with Gasteiger partial charge in [-0.3, -0.25) is 14.7 Å². The van der Waals surface area contributed by atoms with Crippen LogP contribution in [-0.4, -0.2) is 45.5 Å². The van der Waals surface area contributed by atoms with Gasteiger partial charge in [0, 0.05) is 42.2 Å². The second-order valence-corrected chi connectivity index (χ2v) is 5.86. The van der Waals surface area contributed by atoms with Gasteiger partial charge in [0.25, 0.3) is 11.8 Å². The Morgan fingerprint density at radius 2 is 2.12 bits per heavy atom. The fourth-order valence-corrected chi connectivity index (χ4v) is 3.13. The molecular weight excluding hydrogens is 306 g/mol. The van der Waals surface area contributed by atoms with E-state index < -0.39 is 0 Å². The van der Waals surface area contributed by atoms with Gasteiger partial charge in [0.05, 0.1) is 6.54 Å². The van der Waals surface area contributed by atoms with Gasteiger partial charge in [-0.05, 0) is 12.1 Å². The number of hydrogen-bond donors (Lipinski definition) is 3. The average Bonchev–Trinajstić information content (AvgIpc) is 3.23. The number of para-hydroxylation sites is 1. The maximum Gasteiger partial charge on any atom is 0.271 e. The van der Waals surface area contributed by atoms with Crippen molar-refractivity contribution in [1.82, 2.24) is 25.4 Å². The predicted octanol–water partition coefficient (Wildman–Crippen LogP) is 1.45. The van der Waals surface area contributed by atoms with E-state index in [-0.39, 0.29) is 11.8 Å². The lowest BCUT2D eigenvalue weighted by Crippen LogP contribution is -2.36. The first-order chi connectivity index (χ1) is 11.7. The molecule has 0 atom stereocenters. The van der Waals surface area contributed by atoms with Gasteiger partial charge in [-0.15, -0.1) is 0 Å². The molecule has 122 valence electrons. The first kappa shape index (κ1) is 14.5. The lowest BCUT2D eigenvalue weighted by molar-refractivity contribution is 0.0726. The molecule has 2 aromatic heterocycles. The maximum atomic E-state index is 12.8. The molecule has 3 aromatic rings. The summed E-state index contributed by atoms with van der Waals surface area (Å²) < 4.78 is 0.